The van der Waals surface area contributed by atoms with E-state index in [1.165, 1.54) is 199 Å². The van der Waals surface area contributed by atoms with E-state index in [9.17, 15) is 0 Å². The number of fused-ring (bicyclic) bond motifs is 12. The Morgan fingerprint density at radius 1 is 0.185 bits per heavy atom. The summed E-state index contributed by atoms with van der Waals surface area (Å²) in [7, 11) is 0. The summed E-state index contributed by atoms with van der Waals surface area (Å²) in [6.07, 6.45) is 0. The number of hydrogen-bond donors (Lipinski definition) is 0. The lowest BCUT2D eigenvalue weighted by molar-refractivity contribution is 0.535. The molecule has 1 nitrogen and oxygen atoms in total. The lowest BCUT2D eigenvalue weighted by Crippen LogP contribution is -2.22. The van der Waals surface area contributed by atoms with E-state index in [0.29, 0.717) is 0 Å². The van der Waals surface area contributed by atoms with Gasteiger partial charge in [-0.25, -0.2) is 0 Å². The van der Waals surface area contributed by atoms with Gasteiger partial charge in [-0.2, -0.15) is 0 Å². The Labute approximate surface area is 758 Å². The first-order valence-electron chi connectivity index (χ1n) is 45.7. The molecule has 0 aliphatic rings. The van der Waals surface area contributed by atoms with Gasteiger partial charge >= 0.3 is 0 Å². The van der Waals surface area contributed by atoms with Gasteiger partial charge in [0, 0.05) is 71.3 Å². The molecule has 12 aromatic carbocycles. The Morgan fingerprint density at radius 2 is 0.435 bits per heavy atom. The number of benzene rings is 12. The number of thiophene rings is 3. The molecule has 124 heavy (non-hydrogen) atoms. The van der Waals surface area contributed by atoms with Gasteiger partial charge in [0.1, 0.15) is 0 Å². The van der Waals surface area contributed by atoms with Crippen LogP contribution in [0.2, 0.25) is 0 Å². The van der Waals surface area contributed by atoms with Gasteiger partial charge in [-0.05, 0) is 231 Å². The van der Waals surface area contributed by atoms with Crippen molar-refractivity contribution in [1.29, 1.82) is 0 Å². The van der Waals surface area contributed by atoms with E-state index in [-0.39, 0.29) is 65.0 Å². The van der Waals surface area contributed by atoms with Crippen LogP contribution >= 0.6 is 34.0 Å². The van der Waals surface area contributed by atoms with Crippen molar-refractivity contribution >= 4 is 116 Å². The molecule has 16 rings (SSSR count). The van der Waals surface area contributed by atoms with Crippen LogP contribution in [0.1, 0.15) is 316 Å². The second-order valence-corrected chi connectivity index (χ2v) is 51.7. The van der Waals surface area contributed by atoms with Crippen molar-refractivity contribution in [3.05, 3.63) is 279 Å². The Kier molecular flexibility index (Phi) is 23.2. The molecule has 0 saturated heterocycles. The van der Waals surface area contributed by atoms with E-state index in [0.717, 1.165) is 0 Å². The van der Waals surface area contributed by atoms with Gasteiger partial charge in [0.15, 0.2) is 0 Å². The SMILES string of the molecule is CC(C)(C)c1cc(-c2ccc3sc4cccc(-c5cc(C(C)(C)C)cc(C(C)(C)C)c5)c4c3c2C(C)(C)C)cc(C(C)(C)C)c1.CC(C)(C)c1cc(-c2cccc3sc4ccc(-n5c6ccccc6c6ccccc65)c(C(C)(C)C)c4c23)cc(C(C)(C)C)c1.CC(C)(C)c1cc(-c2cccc3sc4ccc(C(C)(C)C)c(C(C)(C)C)c4c23)cc(C(C)(C)C)c1. The topological polar surface area (TPSA) is 4.93 Å². The number of hydrogen-bond acceptors (Lipinski definition) is 3. The number of rotatable bonds is 5. The van der Waals surface area contributed by atoms with Gasteiger partial charge in [-0.1, -0.05) is 407 Å². The molecule has 0 amide bonds. The van der Waals surface area contributed by atoms with Crippen LogP contribution in [-0.2, 0) is 65.0 Å². The lowest BCUT2D eigenvalue weighted by atomic mass is 9.73. The van der Waals surface area contributed by atoms with Crippen molar-refractivity contribution in [3.8, 4) is 50.2 Å². The van der Waals surface area contributed by atoms with E-state index in [4.69, 9.17) is 0 Å². The summed E-state index contributed by atoms with van der Waals surface area (Å²) in [5.41, 5.74) is 32.0. The quantitative estimate of drug-likeness (QED) is 0.162. The smallest absolute Gasteiger partial charge is 0.0541 e. The maximum atomic E-state index is 2.51. The molecule has 0 atom stereocenters. The molecule has 0 bridgehead atoms. The zero-order valence-electron chi connectivity index (χ0n) is 82.4. The van der Waals surface area contributed by atoms with Gasteiger partial charge < -0.3 is 4.57 Å². The van der Waals surface area contributed by atoms with E-state index in [1.54, 1.807) is 0 Å². The largest absolute Gasteiger partial charge is 0.309 e. The first-order valence-corrected chi connectivity index (χ1v) is 48.1. The summed E-state index contributed by atoms with van der Waals surface area (Å²) >= 11 is 5.80. The molecular formula is C120H143NS3. The van der Waals surface area contributed by atoms with Crippen molar-refractivity contribution < 1.29 is 0 Å². The summed E-state index contributed by atoms with van der Waals surface area (Å²) < 4.78 is 10.7. The third-order valence-electron chi connectivity index (χ3n) is 25.8. The van der Waals surface area contributed by atoms with Crippen molar-refractivity contribution in [2.75, 3.05) is 0 Å². The Balaban J connectivity index is 0.000000153. The van der Waals surface area contributed by atoms with Gasteiger partial charge in [0.2, 0.25) is 0 Å². The van der Waals surface area contributed by atoms with Crippen LogP contribution < -0.4 is 0 Å². The minimum Gasteiger partial charge on any atom is -0.309 e. The zero-order valence-corrected chi connectivity index (χ0v) is 84.8. The third-order valence-corrected chi connectivity index (χ3v) is 29.1. The van der Waals surface area contributed by atoms with Gasteiger partial charge in [-0.15, -0.1) is 34.0 Å². The number of nitrogens with zero attached hydrogens (tertiary/aromatic N) is 1. The van der Waals surface area contributed by atoms with Crippen LogP contribution in [0, 0.1) is 0 Å². The van der Waals surface area contributed by atoms with E-state index in [2.05, 4.69) is 466 Å². The first-order chi connectivity index (χ1) is 57.1. The zero-order chi connectivity index (χ0) is 90.8. The van der Waals surface area contributed by atoms with E-state index < -0.39 is 0 Å². The molecular weight excluding hydrogens is 1550 g/mol. The summed E-state index contributed by atoms with van der Waals surface area (Å²) in [6.45, 7) is 84.4. The van der Waals surface area contributed by atoms with Crippen molar-refractivity contribution in [3.63, 3.8) is 0 Å². The van der Waals surface area contributed by atoms with Crippen molar-refractivity contribution in [2.24, 2.45) is 0 Å². The van der Waals surface area contributed by atoms with Crippen LogP contribution in [0.3, 0.4) is 0 Å². The highest BCUT2D eigenvalue weighted by Crippen LogP contribution is 2.54. The molecule has 0 unspecified atom stereocenters. The summed E-state index contributed by atoms with van der Waals surface area (Å²) in [6, 6.07) is 82.1. The maximum Gasteiger partial charge on any atom is 0.0541 e. The van der Waals surface area contributed by atoms with Crippen molar-refractivity contribution in [1.82, 2.24) is 4.57 Å². The lowest BCUT2D eigenvalue weighted by Gasteiger charge is -2.31. The summed E-state index contributed by atoms with van der Waals surface area (Å²) in [5.74, 6) is 0. The van der Waals surface area contributed by atoms with E-state index >= 15 is 0 Å². The highest BCUT2D eigenvalue weighted by Gasteiger charge is 2.35. The van der Waals surface area contributed by atoms with Crippen LogP contribution in [0.5, 0.6) is 0 Å². The predicted molar refractivity (Wildman–Crippen MR) is 558 cm³/mol. The Hall–Kier alpha value is -8.90. The molecule has 0 radical (unpaired) electrons. The fourth-order valence-corrected chi connectivity index (χ4v) is 22.0. The molecule has 4 heteroatoms. The average molecular weight is 1700 g/mol. The molecule has 0 N–H and O–H groups in total. The molecule has 4 heterocycles. The molecule has 0 saturated carbocycles. The summed E-state index contributed by atoms with van der Waals surface area (Å²) in [4.78, 5) is 0. The predicted octanol–water partition coefficient (Wildman–Crippen LogP) is 37.5. The minimum absolute atomic E-state index is 0.0487. The standard InChI is InChI=1S/C44H56S.C42H43NS.C34H44S/c1-40(2,3)29-21-27(22-30(25-29)41(4,5)6)33-17-16-18-35-37(33)38-36(45-35)20-19-34(39(38)44(13,14)15)28-23-31(42(7,8)9)26-32(24-28)43(10,11)12;1-40(2,3)27-23-26(24-28(25-27)41(4,5)6)29-17-14-20-35-37(29)38-36(44-35)22-21-34(39(38)42(7,8)9)43-32-18-12-10-15-30(32)31-16-11-13-19-33(31)43;1-31(2,3)22-18-21(19-23(20-22)32(4,5)6)24-14-13-15-26-28(24)29-27(35-26)17-16-25(33(7,8)9)30(29)34(10,11)12/h16-26H,1-15H3;10-25H,1-9H3;13-20H,1-12H3. The molecule has 0 spiro atoms. The molecule has 646 valence electrons. The number of aromatic nitrogens is 1. The fraction of sp³-hybridized carbons (Fsp3) is 0.400. The first kappa shape index (κ1) is 91.3. The van der Waals surface area contributed by atoms with Crippen LogP contribution in [0.4, 0.5) is 0 Å². The second kappa shape index (κ2) is 31.5. The van der Waals surface area contributed by atoms with Crippen LogP contribution in [0.15, 0.2) is 212 Å². The highest BCUT2D eigenvalue weighted by atomic mass is 32.1. The minimum atomic E-state index is -0.0910. The maximum absolute atomic E-state index is 2.51. The fourth-order valence-electron chi connectivity index (χ4n) is 18.6. The van der Waals surface area contributed by atoms with Gasteiger partial charge in [0.05, 0.1) is 16.7 Å². The third kappa shape index (κ3) is 17.9. The van der Waals surface area contributed by atoms with Gasteiger partial charge in [-0.3, -0.25) is 0 Å². The van der Waals surface area contributed by atoms with Crippen molar-refractivity contribution in [2.45, 2.75) is 314 Å². The van der Waals surface area contributed by atoms with Crippen LogP contribution in [-0.4, -0.2) is 4.57 Å². The highest BCUT2D eigenvalue weighted by molar-refractivity contribution is 7.26. The second-order valence-electron chi connectivity index (χ2n) is 48.5. The monoisotopic (exact) mass is 1690 g/mol. The molecule has 0 aliphatic carbocycles. The van der Waals surface area contributed by atoms with Crippen LogP contribution in [0.25, 0.3) is 133 Å². The molecule has 4 aromatic heterocycles. The molecule has 0 fully saturated rings. The molecule has 0 aliphatic heterocycles. The number of para-hydroxylation sites is 2. The Morgan fingerprint density at radius 3 is 0.718 bits per heavy atom. The Bertz CT molecular complexity index is 6620. The normalized spacial score (nSPS) is 13.5. The summed E-state index contributed by atoms with van der Waals surface area (Å²) in [5, 5.41) is 11.1. The van der Waals surface area contributed by atoms with E-state index in [1.807, 2.05) is 34.0 Å². The molecule has 16 aromatic rings. The average Bonchev–Trinajstić information content (AvgIpc) is 1.56. The van der Waals surface area contributed by atoms with Gasteiger partial charge in [0.25, 0.3) is 0 Å².